The minimum atomic E-state index is 0.0599. The highest BCUT2D eigenvalue weighted by molar-refractivity contribution is 7.09. The molecule has 0 radical (unpaired) electrons. The van der Waals surface area contributed by atoms with Crippen LogP contribution in [-0.4, -0.2) is 47.9 Å². The molecule has 0 N–H and O–H groups in total. The van der Waals surface area contributed by atoms with Gasteiger partial charge < -0.3 is 9.47 Å². The maximum Gasteiger partial charge on any atom is 0.107 e. The number of hydrogen-bond acceptors (Lipinski definition) is 5. The van der Waals surface area contributed by atoms with Crippen LogP contribution in [0.3, 0.4) is 0 Å². The van der Waals surface area contributed by atoms with E-state index in [1.807, 2.05) is 0 Å². The van der Waals surface area contributed by atoms with Crippen LogP contribution in [0.4, 0.5) is 0 Å². The fourth-order valence-corrected chi connectivity index (χ4v) is 3.94. The molecule has 0 amide bonds. The van der Waals surface area contributed by atoms with E-state index in [4.69, 9.17) is 9.47 Å². The Bertz CT molecular complexity index is 427. The van der Waals surface area contributed by atoms with Gasteiger partial charge in [0.1, 0.15) is 5.01 Å². The summed E-state index contributed by atoms with van der Waals surface area (Å²) in [5.41, 5.74) is 1.19. The van der Waals surface area contributed by atoms with E-state index in [9.17, 15) is 0 Å². The third-order valence-electron chi connectivity index (χ3n) is 3.90. The molecule has 4 nitrogen and oxygen atoms in total. The highest BCUT2D eigenvalue weighted by atomic mass is 32.1. The van der Waals surface area contributed by atoms with E-state index in [1.54, 1.807) is 11.3 Å². The predicted octanol–water partition coefficient (Wildman–Crippen LogP) is 2.22. The number of hydrogen-bond donors (Lipinski definition) is 0. The molecule has 1 aromatic rings. The lowest BCUT2D eigenvalue weighted by molar-refractivity contribution is -0.198. The monoisotopic (exact) mass is 282 g/mol. The predicted molar refractivity (Wildman–Crippen MR) is 75.5 cm³/mol. The summed E-state index contributed by atoms with van der Waals surface area (Å²) >= 11 is 1.75. The van der Waals surface area contributed by atoms with Gasteiger partial charge in [-0.15, -0.1) is 11.3 Å². The van der Waals surface area contributed by atoms with Crippen LogP contribution in [0.25, 0.3) is 0 Å². The highest BCUT2D eigenvalue weighted by Gasteiger charge is 2.47. The van der Waals surface area contributed by atoms with Gasteiger partial charge in [0.25, 0.3) is 0 Å². The molecular formula is C14H22N2O2S. The number of ether oxygens (including phenoxy) is 2. The molecule has 19 heavy (non-hydrogen) atoms. The number of aryl methyl sites for hydroxylation is 1. The van der Waals surface area contributed by atoms with Crippen molar-refractivity contribution in [3.8, 4) is 0 Å². The van der Waals surface area contributed by atoms with Gasteiger partial charge >= 0.3 is 0 Å². The van der Waals surface area contributed by atoms with Gasteiger partial charge in [0, 0.05) is 43.8 Å². The summed E-state index contributed by atoms with van der Waals surface area (Å²) in [5.74, 6) is 0. The fraction of sp³-hybridized carbons (Fsp3) is 0.786. The van der Waals surface area contributed by atoms with Crippen LogP contribution in [0, 0.1) is 6.92 Å². The van der Waals surface area contributed by atoms with Crippen molar-refractivity contribution in [2.24, 2.45) is 0 Å². The maximum absolute atomic E-state index is 6.01. The van der Waals surface area contributed by atoms with Gasteiger partial charge in [0.2, 0.25) is 0 Å². The Morgan fingerprint density at radius 2 is 2.42 bits per heavy atom. The number of nitrogens with zero attached hydrogens (tertiary/aromatic N) is 2. The van der Waals surface area contributed by atoms with Gasteiger partial charge in [0.15, 0.2) is 0 Å². The summed E-state index contributed by atoms with van der Waals surface area (Å²) in [7, 11) is 0. The number of likely N-dealkylation sites (tertiary alicyclic amines) is 1. The number of thiazole rings is 1. The molecule has 2 aliphatic rings. The summed E-state index contributed by atoms with van der Waals surface area (Å²) in [6.07, 6.45) is 2.48. The molecule has 0 aromatic carbocycles. The van der Waals surface area contributed by atoms with Crippen molar-refractivity contribution in [1.82, 2.24) is 9.88 Å². The molecule has 2 saturated heterocycles. The summed E-state index contributed by atoms with van der Waals surface area (Å²) in [4.78, 5) is 6.95. The molecule has 0 bridgehead atoms. The molecule has 106 valence electrons. The lowest BCUT2D eigenvalue weighted by atomic mass is 9.85. The van der Waals surface area contributed by atoms with E-state index in [0.717, 1.165) is 51.4 Å². The van der Waals surface area contributed by atoms with E-state index < -0.39 is 0 Å². The Morgan fingerprint density at radius 1 is 1.58 bits per heavy atom. The summed E-state index contributed by atoms with van der Waals surface area (Å²) in [5, 5.41) is 3.33. The molecule has 2 aliphatic heterocycles. The molecule has 5 heteroatoms. The summed E-state index contributed by atoms with van der Waals surface area (Å²) in [6.45, 7) is 8.78. The first-order chi connectivity index (χ1) is 9.19. The van der Waals surface area contributed by atoms with Crippen LogP contribution in [0.5, 0.6) is 0 Å². The highest BCUT2D eigenvalue weighted by Crippen LogP contribution is 2.36. The van der Waals surface area contributed by atoms with Gasteiger partial charge in [-0.25, -0.2) is 4.98 Å². The molecule has 1 spiro atoms. The zero-order valence-electron chi connectivity index (χ0n) is 11.7. The van der Waals surface area contributed by atoms with Gasteiger partial charge in [0.05, 0.1) is 18.2 Å². The first-order valence-electron chi connectivity index (χ1n) is 7.08. The second kappa shape index (κ2) is 5.48. The minimum absolute atomic E-state index is 0.0599. The van der Waals surface area contributed by atoms with Crippen molar-refractivity contribution in [2.75, 3.05) is 26.3 Å². The second-order valence-electron chi connectivity index (χ2n) is 5.63. The lowest BCUT2D eigenvalue weighted by Gasteiger charge is -2.53. The quantitative estimate of drug-likeness (QED) is 0.848. The van der Waals surface area contributed by atoms with Crippen LogP contribution in [0.15, 0.2) is 5.38 Å². The van der Waals surface area contributed by atoms with Crippen LogP contribution in [0.2, 0.25) is 0 Å². The average molecular weight is 282 g/mol. The van der Waals surface area contributed by atoms with Crippen LogP contribution >= 0.6 is 11.3 Å². The molecule has 0 aliphatic carbocycles. The second-order valence-corrected chi connectivity index (χ2v) is 6.57. The fourth-order valence-electron chi connectivity index (χ4n) is 3.13. The third-order valence-corrected chi connectivity index (χ3v) is 4.85. The Labute approximate surface area is 118 Å². The Morgan fingerprint density at radius 3 is 3.11 bits per heavy atom. The normalized spacial score (nSPS) is 26.5. The van der Waals surface area contributed by atoms with E-state index in [-0.39, 0.29) is 5.60 Å². The van der Waals surface area contributed by atoms with Gasteiger partial charge in [-0.05, 0) is 20.3 Å². The molecule has 3 heterocycles. The largest absolute Gasteiger partial charge is 0.378 e. The van der Waals surface area contributed by atoms with Crippen LogP contribution in [-0.2, 0) is 16.0 Å². The molecule has 1 aromatic heterocycles. The Kier molecular flexibility index (Phi) is 3.89. The topological polar surface area (TPSA) is 34.6 Å². The summed E-state index contributed by atoms with van der Waals surface area (Å²) < 4.78 is 11.8. The zero-order chi connectivity index (χ0) is 13.3. The van der Waals surface area contributed by atoms with Gasteiger partial charge in [-0.3, -0.25) is 4.90 Å². The Hall–Kier alpha value is -0.490. The molecule has 1 atom stereocenters. The molecule has 3 rings (SSSR count). The lowest BCUT2D eigenvalue weighted by Crippen LogP contribution is -2.65. The minimum Gasteiger partial charge on any atom is -0.378 e. The zero-order valence-corrected chi connectivity index (χ0v) is 12.5. The first kappa shape index (κ1) is 13.5. The average Bonchev–Trinajstić information content (AvgIpc) is 2.74. The van der Waals surface area contributed by atoms with Crippen molar-refractivity contribution >= 4 is 11.3 Å². The number of aromatic nitrogens is 1. The van der Waals surface area contributed by atoms with Crippen molar-refractivity contribution in [3.63, 3.8) is 0 Å². The van der Waals surface area contributed by atoms with E-state index in [2.05, 4.69) is 29.1 Å². The van der Waals surface area contributed by atoms with Crippen LogP contribution in [0.1, 0.15) is 30.5 Å². The maximum atomic E-state index is 6.01. The number of rotatable bonds is 4. The molecule has 1 unspecified atom stereocenters. The van der Waals surface area contributed by atoms with Gasteiger partial charge in [-0.1, -0.05) is 0 Å². The van der Waals surface area contributed by atoms with Crippen molar-refractivity contribution < 1.29 is 9.47 Å². The SMILES string of the molecule is CCOC1CCOC2(C1)CN(Cc1nc(C)cs1)C2. The summed E-state index contributed by atoms with van der Waals surface area (Å²) in [6, 6.07) is 0. The van der Waals surface area contributed by atoms with E-state index in [0.29, 0.717) is 6.10 Å². The smallest absolute Gasteiger partial charge is 0.107 e. The molecular weight excluding hydrogens is 260 g/mol. The Balaban J connectivity index is 1.51. The third kappa shape index (κ3) is 2.99. The van der Waals surface area contributed by atoms with Gasteiger partial charge in [-0.2, -0.15) is 0 Å². The van der Waals surface area contributed by atoms with E-state index >= 15 is 0 Å². The first-order valence-corrected chi connectivity index (χ1v) is 7.96. The van der Waals surface area contributed by atoms with Crippen molar-refractivity contribution in [3.05, 3.63) is 16.1 Å². The molecule has 2 fully saturated rings. The molecule has 0 saturated carbocycles. The van der Waals surface area contributed by atoms with Crippen LogP contribution < -0.4 is 0 Å². The van der Waals surface area contributed by atoms with Crippen molar-refractivity contribution in [2.45, 2.75) is 44.9 Å². The van der Waals surface area contributed by atoms with E-state index in [1.165, 1.54) is 5.01 Å². The van der Waals surface area contributed by atoms with Crippen molar-refractivity contribution in [1.29, 1.82) is 0 Å². The standard InChI is InChI=1S/C14H22N2O2S/c1-3-17-12-4-5-18-14(6-12)9-16(10-14)7-13-15-11(2)8-19-13/h8,12H,3-7,9-10H2,1-2H3.